The lowest BCUT2D eigenvalue weighted by Crippen LogP contribution is -2.60. The Kier molecular flexibility index (Phi) is 10.3. The highest BCUT2D eigenvalue weighted by Gasteiger charge is 2.66. The number of hydrogen-bond donors (Lipinski definition) is 6. The third-order valence-corrected chi connectivity index (χ3v) is 15.4. The first kappa shape index (κ1) is 36.6. The lowest BCUT2D eigenvalue weighted by molar-refractivity contribution is -0.274. The van der Waals surface area contributed by atoms with Crippen LogP contribution in [0.1, 0.15) is 24.5 Å². The Balaban J connectivity index is 1.30. The van der Waals surface area contributed by atoms with Crippen molar-refractivity contribution in [1.29, 1.82) is 0 Å². The van der Waals surface area contributed by atoms with Gasteiger partial charge in [0.25, 0.3) is 11.8 Å². The second-order valence-corrected chi connectivity index (χ2v) is 19.4. The molecular formula is C36H43BrN2O10Si. The van der Waals surface area contributed by atoms with Gasteiger partial charge >= 0.3 is 0 Å². The molecule has 50 heavy (non-hydrogen) atoms. The minimum atomic E-state index is -2.34. The van der Waals surface area contributed by atoms with E-state index in [4.69, 9.17) is 14.2 Å². The molecule has 3 aliphatic heterocycles. The predicted octanol–water partition coefficient (Wildman–Crippen LogP) is 2.34. The Morgan fingerprint density at radius 2 is 1.74 bits per heavy atom. The number of rotatable bonds is 9. The number of carbonyl (C=O) groups is 2. The van der Waals surface area contributed by atoms with E-state index >= 15 is 0 Å². The van der Waals surface area contributed by atoms with Crippen molar-refractivity contribution in [1.82, 2.24) is 0 Å². The molecule has 268 valence electrons. The molecule has 14 heteroatoms. The normalized spacial score (nSPS) is 30.8. The molecule has 0 bridgehead atoms. The number of anilines is 2. The van der Waals surface area contributed by atoms with Crippen molar-refractivity contribution in [2.75, 3.05) is 23.9 Å². The molecule has 12 nitrogen and oxygen atoms in total. The van der Waals surface area contributed by atoms with Crippen LogP contribution in [0.5, 0.6) is 5.75 Å². The van der Waals surface area contributed by atoms with E-state index in [2.05, 4.69) is 53.4 Å². The Hall–Kier alpha value is -3.18. The van der Waals surface area contributed by atoms with Gasteiger partial charge in [-0.2, -0.15) is 0 Å². The smallest absolute Gasteiger partial charge is 0.264 e. The number of aliphatic hydroxyl groups excluding tert-OH is 5. The highest BCUT2D eigenvalue weighted by Crippen LogP contribution is 2.60. The lowest BCUT2D eigenvalue weighted by Gasteiger charge is -2.37. The maximum absolute atomic E-state index is 14.9. The zero-order valence-electron chi connectivity index (χ0n) is 28.2. The summed E-state index contributed by atoms with van der Waals surface area (Å²) >= 11 is 3.61. The molecule has 2 amide bonds. The Morgan fingerprint density at radius 1 is 1.02 bits per heavy atom. The minimum absolute atomic E-state index is 0.0205. The number of nitrogens with zero attached hydrogens (tertiary/aromatic N) is 1. The number of hydrogen-bond acceptors (Lipinski definition) is 10. The molecule has 3 heterocycles. The molecule has 0 radical (unpaired) electrons. The number of amides is 2. The highest BCUT2D eigenvalue weighted by molar-refractivity contribution is 9.10. The van der Waals surface area contributed by atoms with Gasteiger partial charge in [-0.1, -0.05) is 65.4 Å². The van der Waals surface area contributed by atoms with E-state index in [9.17, 15) is 35.1 Å². The van der Waals surface area contributed by atoms with Crippen molar-refractivity contribution in [3.8, 4) is 5.75 Å². The Morgan fingerprint density at radius 3 is 2.42 bits per heavy atom. The van der Waals surface area contributed by atoms with Gasteiger partial charge in [0.05, 0.1) is 33.5 Å². The fourth-order valence-electron chi connectivity index (χ4n) is 8.06. The Labute approximate surface area is 299 Å². The third-order valence-electron chi connectivity index (χ3n) is 10.6. The van der Waals surface area contributed by atoms with E-state index in [1.54, 1.807) is 30.2 Å². The number of halogens is 1. The summed E-state index contributed by atoms with van der Waals surface area (Å²) in [6.45, 7) is 6.71. The first-order chi connectivity index (χ1) is 23.7. The fraction of sp³-hybridized carbons (Fsp3) is 0.444. The molecule has 2 saturated heterocycles. The van der Waals surface area contributed by atoms with Gasteiger partial charge in [-0.05, 0) is 60.0 Å². The van der Waals surface area contributed by atoms with Crippen molar-refractivity contribution < 1.29 is 49.3 Å². The molecule has 2 fully saturated rings. The van der Waals surface area contributed by atoms with E-state index in [0.717, 1.165) is 15.8 Å². The Bertz CT molecular complexity index is 1740. The molecule has 0 saturated carbocycles. The first-order valence-corrected chi connectivity index (χ1v) is 20.4. The van der Waals surface area contributed by atoms with Crippen LogP contribution in [0.15, 0.2) is 71.2 Å². The summed E-state index contributed by atoms with van der Waals surface area (Å²) in [7, 11) is -0.710. The predicted molar refractivity (Wildman–Crippen MR) is 191 cm³/mol. The van der Waals surface area contributed by atoms with Gasteiger partial charge in [0.2, 0.25) is 0 Å². The quantitative estimate of drug-likeness (QED) is 0.177. The molecule has 1 spiro atoms. The van der Waals surface area contributed by atoms with Gasteiger partial charge in [-0.15, -0.1) is 0 Å². The zero-order chi connectivity index (χ0) is 36.1. The standard InChI is InChI=1S/C36H43BrN2O10Si/c1-19-32(50(3,4)24-11-9-23(47-2)10-12-24)27(14-15-40)49-36(19)25-17-21(37)8-13-26(25)39(35(36)46)18-20-6-5-7-22(16-20)38-33(44)31-29(42)28(41)30(43)34(45)48-31/h5-13,16-17,19,27-32,34,40-43,45H,14-15,18H2,1-4H3,(H,38,44)/t19-,27+,28-,29-,30+,31-,32-,34+,36+/m0/s1. The maximum Gasteiger partial charge on any atom is 0.264 e. The second kappa shape index (κ2) is 14.1. The van der Waals surface area contributed by atoms with Crippen LogP contribution in [-0.4, -0.2) is 95.9 Å². The second-order valence-electron chi connectivity index (χ2n) is 13.8. The van der Waals surface area contributed by atoms with E-state index in [0.29, 0.717) is 23.4 Å². The van der Waals surface area contributed by atoms with Crippen LogP contribution in [0.4, 0.5) is 11.4 Å². The number of nitrogens with one attached hydrogen (secondary N) is 1. The monoisotopic (exact) mass is 770 g/mol. The van der Waals surface area contributed by atoms with E-state index in [-0.39, 0.29) is 36.6 Å². The molecule has 3 aliphatic rings. The number of aliphatic hydroxyl groups is 5. The van der Waals surface area contributed by atoms with E-state index in [1.807, 2.05) is 36.4 Å². The van der Waals surface area contributed by atoms with Crippen LogP contribution in [0, 0.1) is 5.92 Å². The number of ether oxygens (including phenoxy) is 3. The van der Waals surface area contributed by atoms with Crippen LogP contribution in [0.25, 0.3) is 0 Å². The molecule has 3 aromatic rings. The van der Waals surface area contributed by atoms with Crippen LogP contribution < -0.4 is 20.1 Å². The van der Waals surface area contributed by atoms with Crippen LogP contribution in [0.3, 0.4) is 0 Å². The summed E-state index contributed by atoms with van der Waals surface area (Å²) in [6.07, 6.45) is -8.79. The third kappa shape index (κ3) is 6.20. The van der Waals surface area contributed by atoms with Gasteiger partial charge in [0.15, 0.2) is 18.0 Å². The molecule has 9 atom stereocenters. The molecule has 0 aliphatic carbocycles. The molecule has 6 N–H and O–H groups in total. The average molecular weight is 772 g/mol. The molecule has 6 rings (SSSR count). The van der Waals surface area contributed by atoms with Gasteiger partial charge < -0.3 is 50.0 Å². The number of methoxy groups -OCH3 is 1. The van der Waals surface area contributed by atoms with Crippen molar-refractivity contribution in [3.05, 3.63) is 82.3 Å². The number of benzene rings is 3. The molecule has 0 aromatic heterocycles. The topological polar surface area (TPSA) is 178 Å². The van der Waals surface area contributed by atoms with Gasteiger partial charge in [-0.3, -0.25) is 9.59 Å². The summed E-state index contributed by atoms with van der Waals surface area (Å²) in [6, 6.07) is 20.6. The van der Waals surface area contributed by atoms with Crippen molar-refractivity contribution >= 4 is 52.4 Å². The first-order valence-electron chi connectivity index (χ1n) is 16.6. The van der Waals surface area contributed by atoms with Crippen molar-refractivity contribution in [2.24, 2.45) is 5.92 Å². The molecule has 0 unspecified atom stereocenters. The average Bonchev–Trinajstić information content (AvgIpc) is 3.51. The maximum atomic E-state index is 14.9. The van der Waals surface area contributed by atoms with Crippen LogP contribution in [-0.2, 0) is 31.2 Å². The number of fused-ring (bicyclic) bond motifs is 2. The van der Waals surface area contributed by atoms with E-state index in [1.165, 1.54) is 5.19 Å². The lowest BCUT2D eigenvalue weighted by atomic mass is 9.82. The highest BCUT2D eigenvalue weighted by atomic mass is 79.9. The summed E-state index contributed by atoms with van der Waals surface area (Å²) in [5.41, 5.74) is 1.15. The van der Waals surface area contributed by atoms with Crippen LogP contribution in [0.2, 0.25) is 18.6 Å². The summed E-state index contributed by atoms with van der Waals surface area (Å²) < 4.78 is 18.2. The van der Waals surface area contributed by atoms with E-state index < -0.39 is 50.3 Å². The van der Waals surface area contributed by atoms with Gasteiger partial charge in [0, 0.05) is 28.2 Å². The minimum Gasteiger partial charge on any atom is -0.497 e. The van der Waals surface area contributed by atoms with Crippen molar-refractivity contribution in [3.63, 3.8) is 0 Å². The van der Waals surface area contributed by atoms with Gasteiger partial charge in [0.1, 0.15) is 24.1 Å². The van der Waals surface area contributed by atoms with Crippen LogP contribution >= 0.6 is 15.9 Å². The summed E-state index contributed by atoms with van der Waals surface area (Å²) in [4.78, 5) is 29.6. The zero-order valence-corrected chi connectivity index (χ0v) is 30.8. The largest absolute Gasteiger partial charge is 0.497 e. The van der Waals surface area contributed by atoms with Gasteiger partial charge in [-0.25, -0.2) is 0 Å². The van der Waals surface area contributed by atoms with Crippen molar-refractivity contribution in [2.45, 2.75) is 80.9 Å². The SMILES string of the molecule is COc1ccc([Si](C)(C)[C@@H]2[C@@H](CCO)O[C@]3(C(=O)N(Cc4cccc(NC(=O)[C@H]5O[C@@H](O)[C@H](O)[C@@H](O)[C@@H]5O)c4)c4ccc(Br)cc43)[C@H]2C)cc1. The summed E-state index contributed by atoms with van der Waals surface area (Å²) in [5.74, 6) is -0.522. The molecule has 3 aromatic carbocycles. The summed E-state index contributed by atoms with van der Waals surface area (Å²) in [5, 5.41) is 54.0. The number of carbonyl (C=O) groups excluding carboxylic acids is 2. The fourth-order valence-corrected chi connectivity index (χ4v) is 12.5. The molecular weight excluding hydrogens is 728 g/mol.